The Bertz CT molecular complexity index is 241. The van der Waals surface area contributed by atoms with E-state index in [2.05, 4.69) is 6.92 Å². The number of aliphatic hydroxyl groups excluding tert-OH is 1. The number of ketones is 1. The van der Waals surface area contributed by atoms with Crippen LogP contribution < -0.4 is 0 Å². The van der Waals surface area contributed by atoms with Crippen LogP contribution in [-0.4, -0.2) is 17.0 Å². The second-order valence-electron chi connectivity index (χ2n) is 4.10. The fraction of sp³-hybridized carbons (Fsp3) is 0.750. The summed E-state index contributed by atoms with van der Waals surface area (Å²) in [5.41, 5.74) is 1.81. The number of hydrogen-bond donors (Lipinski definition) is 1. The molecule has 0 aromatic heterocycles. The van der Waals surface area contributed by atoms with Gasteiger partial charge >= 0.3 is 0 Å². The van der Waals surface area contributed by atoms with Crippen molar-refractivity contribution in [3.8, 4) is 0 Å². The average molecular weight is 196 g/mol. The van der Waals surface area contributed by atoms with Crippen molar-refractivity contribution >= 4 is 5.78 Å². The number of carbonyl (C=O) groups is 1. The summed E-state index contributed by atoms with van der Waals surface area (Å²) in [6.45, 7) is 4.02. The first-order chi connectivity index (χ1) is 6.66. The summed E-state index contributed by atoms with van der Waals surface area (Å²) in [5, 5.41) is 9.61. The molecule has 1 aliphatic rings. The van der Waals surface area contributed by atoms with Gasteiger partial charge in [0.05, 0.1) is 6.10 Å². The normalized spacial score (nSPS) is 22.2. The number of aliphatic hydroxyl groups is 1. The predicted molar refractivity (Wildman–Crippen MR) is 57.1 cm³/mol. The van der Waals surface area contributed by atoms with Crippen molar-refractivity contribution in [2.75, 3.05) is 0 Å². The molecule has 1 aliphatic carbocycles. The molecular weight excluding hydrogens is 176 g/mol. The molecule has 1 N–H and O–H groups in total. The minimum absolute atomic E-state index is 0.128. The van der Waals surface area contributed by atoms with E-state index in [0.717, 1.165) is 24.0 Å². The number of rotatable bonds is 5. The highest BCUT2D eigenvalue weighted by atomic mass is 16.3. The molecule has 1 rings (SSSR count). The minimum Gasteiger partial charge on any atom is -0.388 e. The highest BCUT2D eigenvalue weighted by Gasteiger charge is 2.26. The Morgan fingerprint density at radius 3 is 2.57 bits per heavy atom. The Balaban J connectivity index is 2.39. The van der Waals surface area contributed by atoms with Crippen LogP contribution in [0.5, 0.6) is 0 Å². The third-order valence-corrected chi connectivity index (χ3v) is 2.98. The van der Waals surface area contributed by atoms with Gasteiger partial charge in [-0.05, 0) is 30.9 Å². The lowest BCUT2D eigenvalue weighted by Crippen LogP contribution is -2.06. The fourth-order valence-electron chi connectivity index (χ4n) is 1.98. The van der Waals surface area contributed by atoms with E-state index in [1.165, 1.54) is 19.3 Å². The first kappa shape index (κ1) is 11.4. The molecular formula is C12H20O2. The molecule has 1 atom stereocenters. The number of unbranched alkanes of at least 4 members (excludes halogenated alkanes) is 3. The molecule has 0 aliphatic heterocycles. The summed E-state index contributed by atoms with van der Waals surface area (Å²) in [4.78, 5) is 11.3. The van der Waals surface area contributed by atoms with Crippen LogP contribution in [0, 0.1) is 0 Å². The van der Waals surface area contributed by atoms with E-state index in [1.54, 1.807) is 0 Å². The van der Waals surface area contributed by atoms with Crippen molar-refractivity contribution < 1.29 is 9.90 Å². The van der Waals surface area contributed by atoms with Crippen LogP contribution >= 0.6 is 0 Å². The molecule has 0 aromatic rings. The molecule has 0 saturated carbocycles. The largest absolute Gasteiger partial charge is 0.388 e. The second-order valence-corrected chi connectivity index (χ2v) is 4.10. The smallest absolute Gasteiger partial charge is 0.161 e. The van der Waals surface area contributed by atoms with Gasteiger partial charge in [0.25, 0.3) is 0 Å². The standard InChI is InChI=1S/C12H20O2/c1-3-4-5-6-7-10-9(2)11(13)8-12(10)14/h12,14H,3-8H2,1-2H3. The van der Waals surface area contributed by atoms with Gasteiger partial charge in [-0.15, -0.1) is 0 Å². The fourth-order valence-corrected chi connectivity index (χ4v) is 1.98. The van der Waals surface area contributed by atoms with Crippen molar-refractivity contribution in [1.29, 1.82) is 0 Å². The molecule has 80 valence electrons. The topological polar surface area (TPSA) is 37.3 Å². The second kappa shape index (κ2) is 5.30. The summed E-state index contributed by atoms with van der Waals surface area (Å²) >= 11 is 0. The number of Topliss-reactive ketones (excluding diaryl/α,β-unsaturated/α-hetero) is 1. The maximum Gasteiger partial charge on any atom is 0.161 e. The average Bonchev–Trinajstić information content (AvgIpc) is 2.38. The van der Waals surface area contributed by atoms with Gasteiger partial charge in [-0.1, -0.05) is 26.2 Å². The lowest BCUT2D eigenvalue weighted by molar-refractivity contribution is -0.115. The van der Waals surface area contributed by atoms with E-state index >= 15 is 0 Å². The van der Waals surface area contributed by atoms with E-state index in [1.807, 2.05) is 6.92 Å². The van der Waals surface area contributed by atoms with Crippen LogP contribution in [0.2, 0.25) is 0 Å². The Hall–Kier alpha value is -0.630. The summed E-state index contributed by atoms with van der Waals surface area (Å²) in [5.74, 6) is 0.128. The van der Waals surface area contributed by atoms with Gasteiger partial charge in [0.1, 0.15) is 0 Å². The van der Waals surface area contributed by atoms with Crippen LogP contribution in [-0.2, 0) is 4.79 Å². The van der Waals surface area contributed by atoms with Gasteiger partial charge in [0.15, 0.2) is 5.78 Å². The molecule has 0 fully saturated rings. The Morgan fingerprint density at radius 1 is 1.36 bits per heavy atom. The predicted octanol–water partition coefficient (Wildman–Crippen LogP) is 2.61. The molecule has 0 radical (unpaired) electrons. The third kappa shape index (κ3) is 2.68. The van der Waals surface area contributed by atoms with Gasteiger partial charge in [0, 0.05) is 6.42 Å². The van der Waals surface area contributed by atoms with Crippen LogP contribution in [0.3, 0.4) is 0 Å². The summed E-state index contributed by atoms with van der Waals surface area (Å²) < 4.78 is 0. The van der Waals surface area contributed by atoms with E-state index in [0.29, 0.717) is 6.42 Å². The van der Waals surface area contributed by atoms with E-state index in [-0.39, 0.29) is 5.78 Å². The zero-order chi connectivity index (χ0) is 10.6. The van der Waals surface area contributed by atoms with Gasteiger partial charge in [-0.2, -0.15) is 0 Å². The highest BCUT2D eigenvalue weighted by molar-refractivity contribution is 5.99. The quantitative estimate of drug-likeness (QED) is 0.686. The molecule has 1 unspecified atom stereocenters. The summed E-state index contributed by atoms with van der Waals surface area (Å²) in [6, 6.07) is 0. The van der Waals surface area contributed by atoms with Crippen molar-refractivity contribution in [3.63, 3.8) is 0 Å². The van der Waals surface area contributed by atoms with Gasteiger partial charge in [-0.25, -0.2) is 0 Å². The molecule has 2 heteroatoms. The highest BCUT2D eigenvalue weighted by Crippen LogP contribution is 2.27. The van der Waals surface area contributed by atoms with Crippen LogP contribution in [0.15, 0.2) is 11.1 Å². The zero-order valence-corrected chi connectivity index (χ0v) is 9.18. The van der Waals surface area contributed by atoms with Crippen molar-refractivity contribution in [3.05, 3.63) is 11.1 Å². The first-order valence-corrected chi connectivity index (χ1v) is 5.57. The maximum atomic E-state index is 11.3. The van der Waals surface area contributed by atoms with Crippen LogP contribution in [0.1, 0.15) is 52.4 Å². The lowest BCUT2D eigenvalue weighted by atomic mass is 10.0. The first-order valence-electron chi connectivity index (χ1n) is 5.57. The molecule has 0 aromatic carbocycles. The summed E-state index contributed by atoms with van der Waals surface area (Å²) in [7, 11) is 0. The van der Waals surface area contributed by atoms with E-state index in [4.69, 9.17) is 0 Å². The number of allylic oxidation sites excluding steroid dienone is 1. The maximum absolute atomic E-state index is 11.3. The SMILES string of the molecule is CCCCCCC1=C(C)C(=O)CC1O. The van der Waals surface area contributed by atoms with Crippen LogP contribution in [0.4, 0.5) is 0 Å². The van der Waals surface area contributed by atoms with Gasteiger partial charge in [-0.3, -0.25) is 4.79 Å². The molecule has 0 bridgehead atoms. The molecule has 0 spiro atoms. The summed E-state index contributed by atoms with van der Waals surface area (Å²) in [6.07, 6.45) is 5.51. The molecule has 14 heavy (non-hydrogen) atoms. The van der Waals surface area contributed by atoms with Crippen LogP contribution in [0.25, 0.3) is 0 Å². The Kier molecular flexibility index (Phi) is 4.33. The number of hydrogen-bond acceptors (Lipinski definition) is 2. The number of carbonyl (C=O) groups excluding carboxylic acids is 1. The molecule has 0 amide bonds. The molecule has 2 nitrogen and oxygen atoms in total. The third-order valence-electron chi connectivity index (χ3n) is 2.98. The van der Waals surface area contributed by atoms with Gasteiger partial charge < -0.3 is 5.11 Å². The Labute approximate surface area is 86.0 Å². The van der Waals surface area contributed by atoms with Gasteiger partial charge in [0.2, 0.25) is 0 Å². The monoisotopic (exact) mass is 196 g/mol. The van der Waals surface area contributed by atoms with E-state index < -0.39 is 6.10 Å². The molecule has 0 heterocycles. The lowest BCUT2D eigenvalue weighted by Gasteiger charge is -2.07. The molecule has 0 saturated heterocycles. The minimum atomic E-state index is -0.482. The van der Waals surface area contributed by atoms with Crippen molar-refractivity contribution in [2.24, 2.45) is 0 Å². The zero-order valence-electron chi connectivity index (χ0n) is 9.18. The van der Waals surface area contributed by atoms with Crippen molar-refractivity contribution in [2.45, 2.75) is 58.5 Å². The van der Waals surface area contributed by atoms with Crippen molar-refractivity contribution in [1.82, 2.24) is 0 Å². The Morgan fingerprint density at radius 2 is 2.07 bits per heavy atom. The van der Waals surface area contributed by atoms with E-state index in [9.17, 15) is 9.90 Å².